The highest BCUT2D eigenvalue weighted by atomic mass is 32.2. The lowest BCUT2D eigenvalue weighted by Crippen LogP contribution is -2.07. The Bertz CT molecular complexity index is 1010. The Morgan fingerprint density at radius 2 is 1.64 bits per heavy atom. The zero-order valence-electron chi connectivity index (χ0n) is 13.7. The zero-order chi connectivity index (χ0) is 17.2. The van der Waals surface area contributed by atoms with Crippen molar-refractivity contribution in [3.63, 3.8) is 0 Å². The first-order valence-corrected chi connectivity index (χ1v) is 9.35. The zero-order valence-corrected chi connectivity index (χ0v) is 15.4. The minimum Gasteiger partial charge on any atom is -0.353 e. The van der Waals surface area contributed by atoms with E-state index in [1.54, 1.807) is 0 Å². The Hall–Kier alpha value is -2.51. The molecule has 2 aromatic carbocycles. The second-order valence-electron chi connectivity index (χ2n) is 5.58. The van der Waals surface area contributed by atoms with E-state index in [2.05, 4.69) is 33.4 Å². The van der Waals surface area contributed by atoms with Crippen molar-refractivity contribution in [2.45, 2.75) is 9.50 Å². The summed E-state index contributed by atoms with van der Waals surface area (Å²) in [7, 11) is 3.91. The molecule has 0 aliphatic heterocycles. The van der Waals surface area contributed by atoms with Gasteiger partial charge in [-0.25, -0.2) is 9.97 Å². The van der Waals surface area contributed by atoms with E-state index in [1.165, 1.54) is 23.1 Å². The van der Waals surface area contributed by atoms with Crippen LogP contribution in [-0.4, -0.2) is 34.3 Å². The minimum atomic E-state index is 0.680. The van der Waals surface area contributed by atoms with Crippen molar-refractivity contribution in [2.24, 2.45) is 0 Å². The maximum atomic E-state index is 4.80. The van der Waals surface area contributed by atoms with Crippen LogP contribution in [0.3, 0.4) is 0 Å². The number of nitrogens with zero attached hydrogens (tertiary/aromatic N) is 5. The van der Waals surface area contributed by atoms with Crippen molar-refractivity contribution in [2.75, 3.05) is 19.0 Å². The Morgan fingerprint density at radius 1 is 0.880 bits per heavy atom. The van der Waals surface area contributed by atoms with E-state index in [0.29, 0.717) is 5.16 Å². The van der Waals surface area contributed by atoms with Crippen LogP contribution in [0.1, 0.15) is 0 Å². The number of aromatic nitrogens is 4. The Morgan fingerprint density at radius 3 is 2.40 bits per heavy atom. The van der Waals surface area contributed by atoms with E-state index in [1.807, 2.05) is 55.4 Å². The van der Waals surface area contributed by atoms with Gasteiger partial charge in [-0.05, 0) is 17.8 Å². The van der Waals surface area contributed by atoms with Crippen molar-refractivity contribution in [3.8, 4) is 11.3 Å². The molecule has 0 bridgehead atoms. The van der Waals surface area contributed by atoms with Gasteiger partial charge in [0, 0.05) is 25.0 Å². The van der Waals surface area contributed by atoms with Crippen LogP contribution in [0.15, 0.2) is 64.1 Å². The van der Waals surface area contributed by atoms with Crippen molar-refractivity contribution < 1.29 is 0 Å². The van der Waals surface area contributed by atoms with Crippen LogP contribution in [0, 0.1) is 0 Å². The van der Waals surface area contributed by atoms with Crippen molar-refractivity contribution in [1.82, 2.24) is 20.2 Å². The Kier molecular flexibility index (Phi) is 4.33. The maximum absolute atomic E-state index is 4.80. The van der Waals surface area contributed by atoms with Crippen LogP contribution >= 0.6 is 23.1 Å². The highest BCUT2D eigenvalue weighted by Gasteiger charge is 2.13. The van der Waals surface area contributed by atoms with Crippen LogP contribution in [-0.2, 0) is 0 Å². The summed E-state index contributed by atoms with van der Waals surface area (Å²) in [5, 5.41) is 11.0. The number of anilines is 1. The fraction of sp³-hybridized carbons (Fsp3) is 0.111. The van der Waals surface area contributed by atoms with Crippen LogP contribution in [0.5, 0.6) is 0 Å². The first kappa shape index (κ1) is 16.0. The van der Waals surface area contributed by atoms with Gasteiger partial charge in [-0.3, -0.25) is 0 Å². The van der Waals surface area contributed by atoms with E-state index in [-0.39, 0.29) is 0 Å². The summed E-state index contributed by atoms with van der Waals surface area (Å²) >= 11 is 2.98. The molecule has 124 valence electrons. The van der Waals surface area contributed by atoms with Gasteiger partial charge in [0.15, 0.2) is 9.50 Å². The van der Waals surface area contributed by atoms with E-state index >= 15 is 0 Å². The van der Waals surface area contributed by atoms with Gasteiger partial charge in [0.1, 0.15) is 0 Å². The Balaban J connectivity index is 1.79. The summed E-state index contributed by atoms with van der Waals surface area (Å²) in [6.07, 6.45) is 0. The molecule has 0 spiro atoms. The average Bonchev–Trinajstić information content (AvgIpc) is 3.10. The minimum absolute atomic E-state index is 0.680. The predicted octanol–water partition coefficient (Wildman–Crippen LogP) is 4.37. The number of hydrogen-bond acceptors (Lipinski definition) is 7. The molecule has 0 saturated heterocycles. The lowest BCUT2D eigenvalue weighted by Gasteiger charge is -2.07. The summed E-state index contributed by atoms with van der Waals surface area (Å²) in [6.45, 7) is 0. The van der Waals surface area contributed by atoms with Crippen molar-refractivity contribution >= 4 is 39.1 Å². The monoisotopic (exact) mass is 365 g/mol. The third-order valence-corrected chi connectivity index (χ3v) is 5.59. The summed E-state index contributed by atoms with van der Waals surface area (Å²) < 4.78 is 0.831. The van der Waals surface area contributed by atoms with Gasteiger partial charge in [0.05, 0.1) is 11.2 Å². The summed E-state index contributed by atoms with van der Waals surface area (Å²) in [6, 6.07) is 18.3. The third kappa shape index (κ3) is 3.33. The van der Waals surface area contributed by atoms with Crippen LogP contribution in [0.2, 0.25) is 0 Å². The largest absolute Gasteiger partial charge is 0.353 e. The molecule has 4 aromatic rings. The molecule has 25 heavy (non-hydrogen) atoms. The van der Waals surface area contributed by atoms with Crippen LogP contribution in [0.4, 0.5) is 5.13 Å². The van der Waals surface area contributed by atoms with E-state index < -0.39 is 0 Å². The highest BCUT2D eigenvalue weighted by Crippen LogP contribution is 2.34. The second kappa shape index (κ2) is 6.78. The quantitative estimate of drug-likeness (QED) is 0.501. The van der Waals surface area contributed by atoms with Gasteiger partial charge in [-0.2, -0.15) is 0 Å². The summed E-state index contributed by atoms with van der Waals surface area (Å²) in [5.41, 5.74) is 2.94. The lowest BCUT2D eigenvalue weighted by molar-refractivity contribution is 0.961. The van der Waals surface area contributed by atoms with Gasteiger partial charge in [-0.15, -0.1) is 10.2 Å². The second-order valence-corrected chi connectivity index (χ2v) is 7.76. The average molecular weight is 365 g/mol. The predicted molar refractivity (Wildman–Crippen MR) is 103 cm³/mol. The SMILES string of the molecule is CN(C)c1nnc(Sc2nc(-c3ccccc3)c3ccccc3n2)s1. The summed E-state index contributed by atoms with van der Waals surface area (Å²) in [5.74, 6) is 0. The Labute approximate surface area is 153 Å². The molecule has 0 aliphatic rings. The third-order valence-electron chi connectivity index (χ3n) is 3.59. The molecule has 0 saturated carbocycles. The lowest BCUT2D eigenvalue weighted by atomic mass is 10.1. The number of fused-ring (bicyclic) bond motifs is 1. The maximum Gasteiger partial charge on any atom is 0.208 e. The first-order valence-electron chi connectivity index (χ1n) is 7.71. The topological polar surface area (TPSA) is 54.8 Å². The number of rotatable bonds is 4. The molecular formula is C18H15N5S2. The van der Waals surface area contributed by atoms with Gasteiger partial charge in [0.2, 0.25) is 5.13 Å². The molecule has 0 aliphatic carbocycles. The summed E-state index contributed by atoms with van der Waals surface area (Å²) in [4.78, 5) is 11.4. The van der Waals surface area contributed by atoms with Crippen LogP contribution in [0.25, 0.3) is 22.2 Å². The molecule has 2 aromatic heterocycles. The number of para-hydroxylation sites is 1. The standard InChI is InChI=1S/C18H15N5S2/c1-23(2)17-21-22-18(25-17)24-16-19-14-11-7-6-10-13(14)15(20-16)12-8-4-3-5-9-12/h3-11H,1-2H3. The highest BCUT2D eigenvalue weighted by molar-refractivity contribution is 8.00. The first-order chi connectivity index (χ1) is 12.2. The number of benzene rings is 2. The number of hydrogen-bond donors (Lipinski definition) is 0. The normalized spacial score (nSPS) is 11.0. The van der Waals surface area contributed by atoms with Crippen molar-refractivity contribution in [3.05, 3.63) is 54.6 Å². The fourth-order valence-corrected chi connectivity index (χ4v) is 4.05. The van der Waals surface area contributed by atoms with Gasteiger partial charge < -0.3 is 4.90 Å². The molecule has 5 nitrogen and oxygen atoms in total. The molecule has 7 heteroatoms. The molecule has 0 unspecified atom stereocenters. The van der Waals surface area contributed by atoms with E-state index in [0.717, 1.165) is 31.6 Å². The molecular weight excluding hydrogens is 350 g/mol. The smallest absolute Gasteiger partial charge is 0.208 e. The molecule has 4 rings (SSSR count). The van der Waals surface area contributed by atoms with Crippen LogP contribution < -0.4 is 4.90 Å². The molecule has 0 amide bonds. The van der Waals surface area contributed by atoms with E-state index in [4.69, 9.17) is 4.98 Å². The molecule has 0 N–H and O–H groups in total. The van der Waals surface area contributed by atoms with E-state index in [9.17, 15) is 0 Å². The molecule has 0 radical (unpaired) electrons. The molecule has 0 atom stereocenters. The molecule has 0 fully saturated rings. The fourth-order valence-electron chi connectivity index (χ4n) is 2.42. The van der Waals surface area contributed by atoms with Crippen molar-refractivity contribution in [1.29, 1.82) is 0 Å². The van der Waals surface area contributed by atoms with Gasteiger partial charge >= 0.3 is 0 Å². The van der Waals surface area contributed by atoms with Gasteiger partial charge in [0.25, 0.3) is 0 Å². The van der Waals surface area contributed by atoms with Gasteiger partial charge in [-0.1, -0.05) is 59.9 Å². The molecule has 2 heterocycles.